The van der Waals surface area contributed by atoms with Crippen LogP contribution in [-0.4, -0.2) is 23.4 Å². The van der Waals surface area contributed by atoms with Crippen molar-refractivity contribution in [1.82, 2.24) is 4.72 Å². The molecular formula is C12H20N2O4S2. The van der Waals surface area contributed by atoms with Crippen LogP contribution in [-0.2, 0) is 20.0 Å². The molecule has 0 spiro atoms. The van der Waals surface area contributed by atoms with Gasteiger partial charge in [-0.2, -0.15) is 0 Å². The zero-order valence-electron chi connectivity index (χ0n) is 11.8. The first kappa shape index (κ1) is 17.1. The highest BCUT2D eigenvalue weighted by atomic mass is 32.2. The number of hydrogen-bond acceptors (Lipinski definition) is 4. The third-order valence-electron chi connectivity index (χ3n) is 2.63. The van der Waals surface area contributed by atoms with Gasteiger partial charge in [-0.1, -0.05) is 20.8 Å². The minimum absolute atomic E-state index is 0.0128. The highest BCUT2D eigenvalue weighted by molar-refractivity contribution is 7.89. The highest BCUT2D eigenvalue weighted by Gasteiger charge is 2.17. The molecule has 0 aliphatic heterocycles. The molecule has 0 unspecified atom stereocenters. The second kappa shape index (κ2) is 5.80. The van der Waals surface area contributed by atoms with Crippen molar-refractivity contribution in [2.45, 2.75) is 37.0 Å². The molecule has 0 aliphatic carbocycles. The fourth-order valence-electron chi connectivity index (χ4n) is 1.45. The van der Waals surface area contributed by atoms with Gasteiger partial charge in [0.05, 0.1) is 9.79 Å². The molecule has 114 valence electrons. The van der Waals surface area contributed by atoms with E-state index in [1.54, 1.807) is 0 Å². The maximum atomic E-state index is 12.0. The first-order valence-corrected chi connectivity index (χ1v) is 9.07. The van der Waals surface area contributed by atoms with Gasteiger partial charge < -0.3 is 0 Å². The van der Waals surface area contributed by atoms with Gasteiger partial charge in [-0.25, -0.2) is 26.7 Å². The van der Waals surface area contributed by atoms with Crippen LogP contribution < -0.4 is 9.86 Å². The molecule has 8 heteroatoms. The van der Waals surface area contributed by atoms with Crippen LogP contribution in [0.1, 0.15) is 27.2 Å². The summed E-state index contributed by atoms with van der Waals surface area (Å²) in [7, 11) is -7.45. The molecule has 3 N–H and O–H groups in total. The summed E-state index contributed by atoms with van der Waals surface area (Å²) in [4.78, 5) is -0.107. The second-order valence-electron chi connectivity index (χ2n) is 5.72. The minimum Gasteiger partial charge on any atom is -0.225 e. The number of primary sulfonamides is 1. The lowest BCUT2D eigenvalue weighted by Gasteiger charge is -2.18. The Kier molecular flexibility index (Phi) is 4.96. The molecule has 0 radical (unpaired) electrons. The fraction of sp³-hybridized carbons (Fsp3) is 0.500. The number of benzene rings is 1. The van der Waals surface area contributed by atoms with Gasteiger partial charge in [0.1, 0.15) is 0 Å². The molecule has 1 aromatic rings. The van der Waals surface area contributed by atoms with Gasteiger partial charge in [0.2, 0.25) is 20.0 Å². The van der Waals surface area contributed by atoms with Crippen LogP contribution in [0.25, 0.3) is 0 Å². The Morgan fingerprint density at radius 3 is 1.85 bits per heavy atom. The third kappa shape index (κ3) is 5.20. The molecule has 0 saturated heterocycles. The van der Waals surface area contributed by atoms with E-state index in [2.05, 4.69) is 4.72 Å². The van der Waals surface area contributed by atoms with E-state index >= 15 is 0 Å². The summed E-state index contributed by atoms with van der Waals surface area (Å²) in [5.74, 6) is 0. The maximum Gasteiger partial charge on any atom is 0.240 e. The number of nitrogens with two attached hydrogens (primary N) is 1. The van der Waals surface area contributed by atoms with Gasteiger partial charge in [-0.15, -0.1) is 0 Å². The number of sulfonamides is 2. The summed E-state index contributed by atoms with van der Waals surface area (Å²) in [6, 6.07) is 4.79. The molecular weight excluding hydrogens is 300 g/mol. The molecule has 0 heterocycles. The van der Waals surface area contributed by atoms with E-state index in [9.17, 15) is 16.8 Å². The van der Waals surface area contributed by atoms with Gasteiger partial charge in [0.25, 0.3) is 0 Å². The zero-order valence-corrected chi connectivity index (χ0v) is 13.4. The number of rotatable bonds is 5. The Bertz CT molecular complexity index is 656. The maximum absolute atomic E-state index is 12.0. The normalized spacial score (nSPS) is 13.4. The van der Waals surface area contributed by atoms with Crippen molar-refractivity contribution in [3.05, 3.63) is 24.3 Å². The van der Waals surface area contributed by atoms with Crippen molar-refractivity contribution >= 4 is 20.0 Å². The van der Waals surface area contributed by atoms with Crippen LogP contribution in [0, 0.1) is 5.41 Å². The van der Waals surface area contributed by atoms with Crippen molar-refractivity contribution in [2.24, 2.45) is 10.6 Å². The summed E-state index contributed by atoms with van der Waals surface area (Å²) in [6.45, 7) is 6.37. The Morgan fingerprint density at radius 2 is 1.45 bits per heavy atom. The molecule has 1 aromatic carbocycles. The zero-order chi connectivity index (χ0) is 15.6. The fourth-order valence-corrected chi connectivity index (χ4v) is 3.00. The van der Waals surface area contributed by atoms with E-state index in [1.807, 2.05) is 20.8 Å². The summed E-state index contributed by atoms with van der Waals surface area (Å²) >= 11 is 0. The van der Waals surface area contributed by atoms with E-state index in [4.69, 9.17) is 5.14 Å². The predicted octanol–water partition coefficient (Wildman–Crippen LogP) is 1.05. The second-order valence-corrected chi connectivity index (χ2v) is 9.05. The molecule has 6 nitrogen and oxygen atoms in total. The molecule has 0 aromatic heterocycles. The van der Waals surface area contributed by atoms with E-state index in [1.165, 1.54) is 24.3 Å². The SMILES string of the molecule is CC(C)(C)CCNS(=O)(=O)c1ccc(S(N)(=O)=O)cc1. The van der Waals surface area contributed by atoms with E-state index in [0.29, 0.717) is 13.0 Å². The van der Waals surface area contributed by atoms with Crippen LogP contribution in [0.5, 0.6) is 0 Å². The smallest absolute Gasteiger partial charge is 0.225 e. The average molecular weight is 320 g/mol. The van der Waals surface area contributed by atoms with Crippen molar-refractivity contribution in [2.75, 3.05) is 6.54 Å². The van der Waals surface area contributed by atoms with Crippen molar-refractivity contribution in [1.29, 1.82) is 0 Å². The van der Waals surface area contributed by atoms with Gasteiger partial charge in [0, 0.05) is 6.54 Å². The Labute approximate surface area is 120 Å². The van der Waals surface area contributed by atoms with E-state index < -0.39 is 20.0 Å². The predicted molar refractivity (Wildman–Crippen MR) is 77.1 cm³/mol. The highest BCUT2D eigenvalue weighted by Crippen LogP contribution is 2.18. The molecule has 0 bridgehead atoms. The monoisotopic (exact) mass is 320 g/mol. The molecule has 0 fully saturated rings. The number of hydrogen-bond donors (Lipinski definition) is 2. The van der Waals surface area contributed by atoms with Gasteiger partial charge in [-0.3, -0.25) is 0 Å². The lowest BCUT2D eigenvalue weighted by atomic mass is 9.93. The lowest BCUT2D eigenvalue weighted by molar-refractivity contribution is 0.378. The summed E-state index contributed by atoms with van der Waals surface area (Å²) in [5.41, 5.74) is 0.0278. The van der Waals surface area contributed by atoms with Gasteiger partial charge in [0.15, 0.2) is 0 Å². The molecule has 0 amide bonds. The Morgan fingerprint density at radius 1 is 1.00 bits per heavy atom. The first-order chi connectivity index (χ1) is 8.92. The molecule has 0 atom stereocenters. The molecule has 1 rings (SSSR count). The van der Waals surface area contributed by atoms with Gasteiger partial charge in [-0.05, 0) is 36.1 Å². The summed E-state index contributed by atoms with van der Waals surface area (Å²) < 4.78 is 48.6. The van der Waals surface area contributed by atoms with Crippen molar-refractivity contribution in [3.8, 4) is 0 Å². The Balaban J connectivity index is 2.84. The van der Waals surface area contributed by atoms with Crippen LogP contribution in [0.3, 0.4) is 0 Å². The largest absolute Gasteiger partial charge is 0.240 e. The van der Waals surface area contributed by atoms with E-state index in [-0.39, 0.29) is 15.2 Å². The first-order valence-electron chi connectivity index (χ1n) is 6.04. The quantitative estimate of drug-likeness (QED) is 0.845. The van der Waals surface area contributed by atoms with Crippen LogP contribution in [0.2, 0.25) is 0 Å². The van der Waals surface area contributed by atoms with E-state index in [0.717, 1.165) is 0 Å². The Hall–Kier alpha value is -0.960. The standard InChI is InChI=1S/C12H20N2O4S2/c1-12(2,3)8-9-14-20(17,18)11-6-4-10(5-7-11)19(13,15)16/h4-7,14H,8-9H2,1-3H3,(H2,13,15,16). The average Bonchev–Trinajstić information content (AvgIpc) is 2.26. The summed E-state index contributed by atoms with van der Waals surface area (Å²) in [6.07, 6.45) is 0.696. The molecule has 0 saturated carbocycles. The van der Waals surface area contributed by atoms with Gasteiger partial charge >= 0.3 is 0 Å². The number of nitrogens with one attached hydrogen (secondary N) is 1. The van der Waals surface area contributed by atoms with Crippen LogP contribution >= 0.6 is 0 Å². The minimum atomic E-state index is -3.82. The topological polar surface area (TPSA) is 106 Å². The van der Waals surface area contributed by atoms with Crippen LogP contribution in [0.15, 0.2) is 34.1 Å². The lowest BCUT2D eigenvalue weighted by Crippen LogP contribution is -2.27. The third-order valence-corrected chi connectivity index (χ3v) is 5.04. The van der Waals surface area contributed by atoms with Crippen molar-refractivity contribution in [3.63, 3.8) is 0 Å². The van der Waals surface area contributed by atoms with Crippen molar-refractivity contribution < 1.29 is 16.8 Å². The van der Waals surface area contributed by atoms with Crippen LogP contribution in [0.4, 0.5) is 0 Å². The summed E-state index contributed by atoms with van der Waals surface area (Å²) in [5, 5.41) is 4.95. The molecule has 0 aliphatic rings. The molecule has 20 heavy (non-hydrogen) atoms.